The van der Waals surface area contributed by atoms with Gasteiger partial charge in [0.25, 0.3) is 0 Å². The molecule has 7 unspecified atom stereocenters. The van der Waals surface area contributed by atoms with Crippen LogP contribution in [0.15, 0.2) is 0 Å². The van der Waals surface area contributed by atoms with Crippen LogP contribution in [0.5, 0.6) is 0 Å². The maximum Gasteiger partial charge on any atom is -0.0241 e. The average molecular weight is 317 g/mol. The highest BCUT2D eigenvalue weighted by Gasteiger charge is 2.62. The standard InChI is InChI=1S/C23H40/c1-5-8-17-9-10-19-18-11-15-21(2)13-6-7-14-23(21,4)20(18)12-16-22(17,19)3/h17-20H,5-16H2,1-4H3. The summed E-state index contributed by atoms with van der Waals surface area (Å²) in [5, 5.41) is 0. The van der Waals surface area contributed by atoms with E-state index in [-0.39, 0.29) is 0 Å². The van der Waals surface area contributed by atoms with E-state index in [1.165, 1.54) is 44.9 Å². The Morgan fingerprint density at radius 1 is 0.783 bits per heavy atom. The van der Waals surface area contributed by atoms with Crippen molar-refractivity contribution in [2.45, 2.75) is 105 Å². The molecule has 0 nitrogen and oxygen atoms in total. The molecule has 0 bridgehead atoms. The molecule has 0 heterocycles. The highest BCUT2D eigenvalue weighted by molar-refractivity contribution is 5.11. The minimum absolute atomic E-state index is 0.665. The molecular formula is C23H40. The predicted molar refractivity (Wildman–Crippen MR) is 99.4 cm³/mol. The normalized spacial score (nSPS) is 55.8. The van der Waals surface area contributed by atoms with E-state index in [2.05, 4.69) is 27.7 Å². The van der Waals surface area contributed by atoms with Crippen molar-refractivity contribution in [3.8, 4) is 0 Å². The lowest BCUT2D eigenvalue weighted by Gasteiger charge is -2.64. The molecule has 23 heavy (non-hydrogen) atoms. The summed E-state index contributed by atoms with van der Waals surface area (Å²) in [4.78, 5) is 0. The van der Waals surface area contributed by atoms with E-state index >= 15 is 0 Å². The molecule has 0 spiro atoms. The SMILES string of the molecule is CCCC1CCC2C3CCC4(C)CCCCC4(C)C3CCC12C. The van der Waals surface area contributed by atoms with Gasteiger partial charge in [0.2, 0.25) is 0 Å². The molecule has 0 radical (unpaired) electrons. The van der Waals surface area contributed by atoms with Gasteiger partial charge >= 0.3 is 0 Å². The second-order valence-electron chi connectivity index (χ2n) is 10.7. The van der Waals surface area contributed by atoms with Gasteiger partial charge in [-0.15, -0.1) is 0 Å². The van der Waals surface area contributed by atoms with E-state index < -0.39 is 0 Å². The third-order valence-electron chi connectivity index (χ3n) is 10.2. The second-order valence-corrected chi connectivity index (χ2v) is 10.7. The first-order valence-electron chi connectivity index (χ1n) is 10.9. The van der Waals surface area contributed by atoms with Gasteiger partial charge in [0.1, 0.15) is 0 Å². The Morgan fingerprint density at radius 2 is 1.57 bits per heavy atom. The lowest BCUT2D eigenvalue weighted by atomic mass is 9.40. The summed E-state index contributed by atoms with van der Waals surface area (Å²) in [6.07, 6.45) is 18.3. The minimum Gasteiger partial charge on any atom is -0.0654 e. The topological polar surface area (TPSA) is 0 Å². The van der Waals surface area contributed by atoms with Crippen LogP contribution in [0.4, 0.5) is 0 Å². The van der Waals surface area contributed by atoms with Gasteiger partial charge < -0.3 is 0 Å². The lowest BCUT2D eigenvalue weighted by molar-refractivity contribution is -0.152. The molecule has 4 rings (SSSR count). The fourth-order valence-corrected chi connectivity index (χ4v) is 8.54. The molecular weight excluding hydrogens is 276 g/mol. The molecule has 4 fully saturated rings. The summed E-state index contributed by atoms with van der Waals surface area (Å²) in [5.74, 6) is 4.25. The molecule has 0 amide bonds. The van der Waals surface area contributed by atoms with Gasteiger partial charge in [-0.05, 0) is 91.3 Å². The van der Waals surface area contributed by atoms with Gasteiger partial charge in [-0.25, -0.2) is 0 Å². The number of fused-ring (bicyclic) bond motifs is 5. The Hall–Kier alpha value is 0. The molecule has 4 saturated carbocycles. The zero-order valence-corrected chi connectivity index (χ0v) is 16.3. The average Bonchev–Trinajstić information content (AvgIpc) is 2.85. The first-order valence-corrected chi connectivity index (χ1v) is 10.9. The molecule has 7 atom stereocenters. The molecule has 0 N–H and O–H groups in total. The fraction of sp³-hybridized carbons (Fsp3) is 1.00. The van der Waals surface area contributed by atoms with Crippen LogP contribution in [-0.4, -0.2) is 0 Å². The fourth-order valence-electron chi connectivity index (χ4n) is 8.54. The Balaban J connectivity index is 1.62. The minimum atomic E-state index is 0.665. The lowest BCUT2D eigenvalue weighted by Crippen LogP contribution is -2.56. The highest BCUT2D eigenvalue weighted by atomic mass is 14.7. The van der Waals surface area contributed by atoms with Crippen LogP contribution in [0.1, 0.15) is 105 Å². The Morgan fingerprint density at radius 3 is 2.35 bits per heavy atom. The molecule has 0 saturated heterocycles. The summed E-state index contributed by atoms with van der Waals surface area (Å²) < 4.78 is 0. The quantitative estimate of drug-likeness (QED) is 0.504. The number of rotatable bonds is 2. The number of hydrogen-bond acceptors (Lipinski definition) is 0. The summed E-state index contributed by atoms with van der Waals surface area (Å²) in [6, 6.07) is 0. The first-order chi connectivity index (χ1) is 10.9. The zero-order chi connectivity index (χ0) is 16.3. The van der Waals surface area contributed by atoms with Crippen molar-refractivity contribution in [3.63, 3.8) is 0 Å². The van der Waals surface area contributed by atoms with E-state index in [1.807, 2.05) is 0 Å². The Kier molecular flexibility index (Phi) is 3.94. The van der Waals surface area contributed by atoms with E-state index in [0.29, 0.717) is 16.2 Å². The molecule has 0 aromatic heterocycles. The molecule has 4 aliphatic carbocycles. The maximum absolute atomic E-state index is 2.73. The molecule has 132 valence electrons. The van der Waals surface area contributed by atoms with Crippen LogP contribution in [0, 0.1) is 39.9 Å². The third kappa shape index (κ3) is 2.15. The van der Waals surface area contributed by atoms with Gasteiger partial charge in [-0.1, -0.05) is 53.4 Å². The van der Waals surface area contributed by atoms with Gasteiger partial charge in [0.05, 0.1) is 0 Å². The second kappa shape index (κ2) is 5.50. The van der Waals surface area contributed by atoms with E-state index in [0.717, 1.165) is 23.7 Å². The summed E-state index contributed by atoms with van der Waals surface area (Å²) >= 11 is 0. The van der Waals surface area contributed by atoms with Crippen molar-refractivity contribution >= 4 is 0 Å². The maximum atomic E-state index is 2.73. The largest absolute Gasteiger partial charge is 0.0654 e. The molecule has 4 aliphatic rings. The van der Waals surface area contributed by atoms with Crippen LogP contribution in [0.2, 0.25) is 0 Å². The first kappa shape index (κ1) is 16.5. The van der Waals surface area contributed by atoms with Crippen molar-refractivity contribution in [1.29, 1.82) is 0 Å². The summed E-state index contributed by atoms with van der Waals surface area (Å²) in [7, 11) is 0. The summed E-state index contributed by atoms with van der Waals surface area (Å²) in [5.41, 5.74) is 2.04. The molecule has 0 aliphatic heterocycles. The molecule has 0 aromatic rings. The van der Waals surface area contributed by atoms with Crippen molar-refractivity contribution in [3.05, 3.63) is 0 Å². The van der Waals surface area contributed by atoms with Crippen LogP contribution in [0.25, 0.3) is 0 Å². The third-order valence-corrected chi connectivity index (χ3v) is 10.2. The number of hydrogen-bond donors (Lipinski definition) is 0. The van der Waals surface area contributed by atoms with E-state index in [1.54, 1.807) is 32.1 Å². The molecule has 0 aromatic carbocycles. The van der Waals surface area contributed by atoms with E-state index in [4.69, 9.17) is 0 Å². The zero-order valence-electron chi connectivity index (χ0n) is 16.3. The summed E-state index contributed by atoms with van der Waals surface area (Å²) in [6.45, 7) is 10.5. The van der Waals surface area contributed by atoms with Gasteiger partial charge in [-0.3, -0.25) is 0 Å². The predicted octanol–water partition coefficient (Wildman–Crippen LogP) is 7.23. The monoisotopic (exact) mass is 316 g/mol. The van der Waals surface area contributed by atoms with Gasteiger partial charge in [0.15, 0.2) is 0 Å². The van der Waals surface area contributed by atoms with Crippen molar-refractivity contribution in [1.82, 2.24) is 0 Å². The van der Waals surface area contributed by atoms with Crippen molar-refractivity contribution < 1.29 is 0 Å². The molecule has 0 heteroatoms. The van der Waals surface area contributed by atoms with Crippen LogP contribution >= 0.6 is 0 Å². The Labute approximate surface area is 145 Å². The van der Waals surface area contributed by atoms with Crippen LogP contribution < -0.4 is 0 Å². The highest BCUT2D eigenvalue weighted by Crippen LogP contribution is 2.70. The van der Waals surface area contributed by atoms with Crippen LogP contribution in [-0.2, 0) is 0 Å². The Bertz CT molecular complexity index is 453. The van der Waals surface area contributed by atoms with E-state index in [9.17, 15) is 0 Å². The smallest absolute Gasteiger partial charge is 0.0241 e. The van der Waals surface area contributed by atoms with Crippen molar-refractivity contribution in [2.75, 3.05) is 0 Å². The van der Waals surface area contributed by atoms with Crippen LogP contribution in [0.3, 0.4) is 0 Å². The van der Waals surface area contributed by atoms with Crippen molar-refractivity contribution in [2.24, 2.45) is 39.9 Å². The van der Waals surface area contributed by atoms with Gasteiger partial charge in [-0.2, -0.15) is 0 Å². The van der Waals surface area contributed by atoms with Gasteiger partial charge in [0, 0.05) is 0 Å².